The van der Waals surface area contributed by atoms with Gasteiger partial charge in [0.2, 0.25) is 5.91 Å². The molecule has 0 saturated carbocycles. The SMILES string of the molecule is Cc1ccccc1C(=O)N(Cc1ccc(C(F)(F)F)cc1)c1ccc(CC(=O)NCc2cccnc2)cc1. The second kappa shape index (κ2) is 11.7. The van der Waals surface area contributed by atoms with E-state index < -0.39 is 11.7 Å². The lowest BCUT2D eigenvalue weighted by molar-refractivity contribution is -0.137. The van der Waals surface area contributed by atoms with Gasteiger partial charge in [-0.15, -0.1) is 0 Å². The number of nitrogens with one attached hydrogen (secondary N) is 1. The van der Waals surface area contributed by atoms with Gasteiger partial charge >= 0.3 is 6.18 Å². The summed E-state index contributed by atoms with van der Waals surface area (Å²) in [6.07, 6.45) is -0.927. The molecule has 194 valence electrons. The van der Waals surface area contributed by atoms with Crippen molar-refractivity contribution in [3.8, 4) is 0 Å². The molecule has 0 aliphatic rings. The molecule has 4 rings (SSSR count). The Balaban J connectivity index is 1.52. The van der Waals surface area contributed by atoms with Gasteiger partial charge in [-0.3, -0.25) is 14.6 Å². The molecule has 3 aromatic carbocycles. The standard InChI is InChI=1S/C30H26F3N3O2/c1-21-5-2-3-7-27(21)29(38)36(20-23-8-12-25(13-9-23)30(31,32)33)26-14-10-22(11-15-26)17-28(37)35-19-24-6-4-16-34-18-24/h2-16,18H,17,19-20H2,1H3,(H,35,37). The van der Waals surface area contributed by atoms with Gasteiger partial charge in [-0.25, -0.2) is 0 Å². The first-order valence-electron chi connectivity index (χ1n) is 12.0. The minimum Gasteiger partial charge on any atom is -0.352 e. The summed E-state index contributed by atoms with van der Waals surface area (Å²) in [7, 11) is 0. The number of aryl methyl sites for hydroxylation is 1. The molecule has 0 aliphatic carbocycles. The summed E-state index contributed by atoms with van der Waals surface area (Å²) in [5, 5.41) is 2.85. The van der Waals surface area contributed by atoms with E-state index in [1.54, 1.807) is 54.9 Å². The maximum atomic E-state index is 13.6. The van der Waals surface area contributed by atoms with E-state index >= 15 is 0 Å². The lowest BCUT2D eigenvalue weighted by atomic mass is 10.0. The molecule has 0 aliphatic heterocycles. The molecule has 0 bridgehead atoms. The van der Waals surface area contributed by atoms with E-state index in [-0.39, 0.29) is 24.8 Å². The maximum Gasteiger partial charge on any atom is 0.416 e. The van der Waals surface area contributed by atoms with Gasteiger partial charge in [0, 0.05) is 30.2 Å². The Morgan fingerprint density at radius 3 is 2.16 bits per heavy atom. The molecule has 4 aromatic rings. The molecule has 38 heavy (non-hydrogen) atoms. The number of carbonyl (C=O) groups excluding carboxylic acids is 2. The summed E-state index contributed by atoms with van der Waals surface area (Å²) in [5.74, 6) is -0.427. The largest absolute Gasteiger partial charge is 0.416 e. The van der Waals surface area contributed by atoms with E-state index in [4.69, 9.17) is 0 Å². The number of benzene rings is 3. The highest BCUT2D eigenvalue weighted by atomic mass is 19.4. The Hall–Kier alpha value is -4.46. The molecule has 0 atom stereocenters. The number of carbonyl (C=O) groups is 2. The van der Waals surface area contributed by atoms with Crippen molar-refractivity contribution in [2.75, 3.05) is 4.90 Å². The molecule has 8 heteroatoms. The fourth-order valence-electron chi connectivity index (χ4n) is 3.97. The lowest BCUT2D eigenvalue weighted by Gasteiger charge is -2.24. The van der Waals surface area contributed by atoms with Crippen LogP contribution in [0.1, 0.15) is 38.2 Å². The quantitative estimate of drug-likeness (QED) is 0.307. The molecule has 0 saturated heterocycles. The highest BCUT2D eigenvalue weighted by Crippen LogP contribution is 2.30. The predicted octanol–water partition coefficient (Wildman–Crippen LogP) is 6.11. The van der Waals surface area contributed by atoms with E-state index in [1.807, 2.05) is 25.1 Å². The van der Waals surface area contributed by atoms with E-state index in [0.29, 0.717) is 23.4 Å². The van der Waals surface area contributed by atoms with Crippen molar-refractivity contribution in [2.45, 2.75) is 32.6 Å². The number of aromatic nitrogens is 1. The van der Waals surface area contributed by atoms with Crippen LogP contribution < -0.4 is 10.2 Å². The Kier molecular flexibility index (Phi) is 8.21. The van der Waals surface area contributed by atoms with Crippen LogP contribution >= 0.6 is 0 Å². The van der Waals surface area contributed by atoms with Crippen LogP contribution in [-0.2, 0) is 30.5 Å². The number of alkyl halides is 3. The molecular formula is C30H26F3N3O2. The highest BCUT2D eigenvalue weighted by molar-refractivity contribution is 6.07. The zero-order valence-corrected chi connectivity index (χ0v) is 20.7. The second-order valence-electron chi connectivity index (χ2n) is 8.88. The number of hydrogen-bond acceptors (Lipinski definition) is 3. The number of nitrogens with zero attached hydrogens (tertiary/aromatic N) is 2. The monoisotopic (exact) mass is 517 g/mol. The van der Waals surface area contributed by atoms with E-state index in [2.05, 4.69) is 10.3 Å². The van der Waals surface area contributed by atoms with Crippen LogP contribution in [0.3, 0.4) is 0 Å². The topological polar surface area (TPSA) is 62.3 Å². The summed E-state index contributed by atoms with van der Waals surface area (Å²) < 4.78 is 39.0. The van der Waals surface area contributed by atoms with Crippen LogP contribution in [0.15, 0.2) is 97.3 Å². The molecule has 2 amide bonds. The average Bonchev–Trinajstić information content (AvgIpc) is 2.91. The van der Waals surface area contributed by atoms with Crippen molar-refractivity contribution in [3.63, 3.8) is 0 Å². The molecule has 0 radical (unpaired) electrons. The Morgan fingerprint density at radius 2 is 1.53 bits per heavy atom. The lowest BCUT2D eigenvalue weighted by Crippen LogP contribution is -2.31. The Labute approximate surface area is 219 Å². The maximum absolute atomic E-state index is 13.6. The van der Waals surface area contributed by atoms with Crippen molar-refractivity contribution < 1.29 is 22.8 Å². The fourth-order valence-corrected chi connectivity index (χ4v) is 3.97. The molecule has 5 nitrogen and oxygen atoms in total. The minimum atomic E-state index is -4.44. The first kappa shape index (κ1) is 26.6. The van der Waals surface area contributed by atoms with Crippen LogP contribution in [0.4, 0.5) is 18.9 Å². The third kappa shape index (κ3) is 6.85. The van der Waals surface area contributed by atoms with Crippen molar-refractivity contribution in [1.82, 2.24) is 10.3 Å². The minimum absolute atomic E-state index is 0.0796. The smallest absolute Gasteiger partial charge is 0.352 e. The van der Waals surface area contributed by atoms with Gasteiger partial charge in [0.1, 0.15) is 0 Å². The van der Waals surface area contributed by atoms with Crippen LogP contribution in [0, 0.1) is 6.92 Å². The highest BCUT2D eigenvalue weighted by Gasteiger charge is 2.30. The zero-order chi connectivity index (χ0) is 27.1. The zero-order valence-electron chi connectivity index (χ0n) is 20.7. The van der Waals surface area contributed by atoms with Gasteiger partial charge in [-0.1, -0.05) is 48.5 Å². The van der Waals surface area contributed by atoms with Gasteiger partial charge in [0.15, 0.2) is 0 Å². The summed E-state index contributed by atoms with van der Waals surface area (Å²) in [6, 6.07) is 22.6. The van der Waals surface area contributed by atoms with Crippen LogP contribution in [0.25, 0.3) is 0 Å². The van der Waals surface area contributed by atoms with Crippen molar-refractivity contribution in [2.24, 2.45) is 0 Å². The van der Waals surface area contributed by atoms with Crippen molar-refractivity contribution in [3.05, 3.63) is 131 Å². The van der Waals surface area contributed by atoms with E-state index in [1.165, 1.54) is 17.0 Å². The summed E-state index contributed by atoms with van der Waals surface area (Å²) in [4.78, 5) is 31.5. The van der Waals surface area contributed by atoms with Gasteiger partial charge in [0.05, 0.1) is 18.5 Å². The number of pyridine rings is 1. The van der Waals surface area contributed by atoms with E-state index in [9.17, 15) is 22.8 Å². The molecule has 0 fully saturated rings. The summed E-state index contributed by atoms with van der Waals surface area (Å²) >= 11 is 0. The molecule has 1 N–H and O–H groups in total. The van der Waals surface area contributed by atoms with Crippen molar-refractivity contribution >= 4 is 17.5 Å². The van der Waals surface area contributed by atoms with Crippen LogP contribution in [0.2, 0.25) is 0 Å². The normalized spacial score (nSPS) is 11.2. The number of anilines is 1. The third-order valence-electron chi connectivity index (χ3n) is 6.07. The molecule has 1 aromatic heterocycles. The van der Waals surface area contributed by atoms with Crippen LogP contribution in [0.5, 0.6) is 0 Å². The first-order valence-corrected chi connectivity index (χ1v) is 12.0. The molecule has 1 heterocycles. The van der Waals surface area contributed by atoms with Gasteiger partial charge in [-0.2, -0.15) is 13.2 Å². The molecule has 0 spiro atoms. The Bertz CT molecular complexity index is 1390. The number of rotatable bonds is 8. The van der Waals surface area contributed by atoms with Gasteiger partial charge in [-0.05, 0) is 65.6 Å². The number of hydrogen-bond donors (Lipinski definition) is 1. The Morgan fingerprint density at radius 1 is 0.842 bits per heavy atom. The third-order valence-corrected chi connectivity index (χ3v) is 6.07. The predicted molar refractivity (Wildman–Crippen MR) is 139 cm³/mol. The van der Waals surface area contributed by atoms with Gasteiger partial charge in [0.25, 0.3) is 5.91 Å². The number of amides is 2. The molecular weight excluding hydrogens is 491 g/mol. The van der Waals surface area contributed by atoms with Crippen LogP contribution in [-0.4, -0.2) is 16.8 Å². The first-order chi connectivity index (χ1) is 18.2. The van der Waals surface area contributed by atoms with E-state index in [0.717, 1.165) is 28.8 Å². The summed E-state index contributed by atoms with van der Waals surface area (Å²) in [6.45, 7) is 2.28. The van der Waals surface area contributed by atoms with Crippen molar-refractivity contribution in [1.29, 1.82) is 0 Å². The second-order valence-corrected chi connectivity index (χ2v) is 8.88. The summed E-state index contributed by atoms with van der Waals surface area (Å²) in [5.41, 5.74) is 3.32. The number of halogens is 3. The molecule has 0 unspecified atom stereocenters. The average molecular weight is 518 g/mol. The fraction of sp³-hybridized carbons (Fsp3) is 0.167. The van der Waals surface area contributed by atoms with Gasteiger partial charge < -0.3 is 10.2 Å².